The average Bonchev–Trinajstić information content (AvgIpc) is 3.60. The minimum atomic E-state index is -3.62. The van der Waals surface area contributed by atoms with Crippen LogP contribution in [0.25, 0.3) is 0 Å². The monoisotopic (exact) mass is 473 g/mol. The van der Waals surface area contributed by atoms with Crippen LogP contribution in [0.2, 0.25) is 0 Å². The smallest absolute Gasteiger partial charge is 0.243 e. The number of benzene rings is 1. The van der Waals surface area contributed by atoms with Crippen LogP contribution in [0.1, 0.15) is 57.9 Å². The number of carbonyl (C=O) groups is 2. The van der Waals surface area contributed by atoms with Gasteiger partial charge in [-0.05, 0) is 81.5 Å². The van der Waals surface area contributed by atoms with E-state index in [-0.39, 0.29) is 29.7 Å². The van der Waals surface area contributed by atoms with Crippen LogP contribution in [0.3, 0.4) is 0 Å². The average molecular weight is 474 g/mol. The van der Waals surface area contributed by atoms with E-state index < -0.39 is 10.0 Å². The fourth-order valence-corrected chi connectivity index (χ4v) is 7.13. The minimum absolute atomic E-state index is 0.0607. The van der Waals surface area contributed by atoms with Crippen molar-refractivity contribution in [3.05, 3.63) is 23.8 Å². The largest absolute Gasteiger partial charge is 0.342 e. The Morgan fingerprint density at radius 2 is 1.48 bits per heavy atom. The number of piperidine rings is 2. The summed E-state index contributed by atoms with van der Waals surface area (Å²) in [7, 11) is -3.62. The number of hydrogen-bond acceptors (Lipinski definition) is 4. The molecule has 33 heavy (non-hydrogen) atoms. The van der Waals surface area contributed by atoms with Crippen molar-refractivity contribution < 1.29 is 18.0 Å². The molecular formula is C25H35N3O4S. The molecule has 4 aliphatic rings. The molecule has 3 heterocycles. The summed E-state index contributed by atoms with van der Waals surface area (Å²) in [5, 5.41) is 0. The van der Waals surface area contributed by atoms with Gasteiger partial charge in [-0.1, -0.05) is 6.92 Å². The number of rotatable bonds is 4. The third kappa shape index (κ3) is 4.32. The van der Waals surface area contributed by atoms with Crippen molar-refractivity contribution in [2.24, 2.45) is 17.8 Å². The molecule has 0 spiro atoms. The Morgan fingerprint density at radius 3 is 2.12 bits per heavy atom. The lowest BCUT2D eigenvalue weighted by Crippen LogP contribution is -2.46. The highest BCUT2D eigenvalue weighted by molar-refractivity contribution is 7.89. The highest BCUT2D eigenvalue weighted by Crippen LogP contribution is 2.40. The quantitative estimate of drug-likeness (QED) is 0.673. The predicted octanol–water partition coefficient (Wildman–Crippen LogP) is 3.03. The number of amides is 2. The van der Waals surface area contributed by atoms with Gasteiger partial charge in [0.1, 0.15) is 0 Å². The maximum atomic E-state index is 13.4. The number of likely N-dealkylation sites (tertiary alicyclic amines) is 1. The van der Waals surface area contributed by atoms with E-state index >= 15 is 0 Å². The molecule has 1 aromatic carbocycles. The fourth-order valence-electron chi connectivity index (χ4n) is 5.61. The van der Waals surface area contributed by atoms with Gasteiger partial charge in [-0.3, -0.25) is 9.59 Å². The van der Waals surface area contributed by atoms with Gasteiger partial charge in [0, 0.05) is 49.7 Å². The van der Waals surface area contributed by atoms with Gasteiger partial charge >= 0.3 is 0 Å². The van der Waals surface area contributed by atoms with Crippen molar-refractivity contribution in [2.45, 2.75) is 69.7 Å². The highest BCUT2D eigenvalue weighted by Gasteiger charge is 2.40. The van der Waals surface area contributed by atoms with E-state index in [9.17, 15) is 18.0 Å². The van der Waals surface area contributed by atoms with Gasteiger partial charge in [0.05, 0.1) is 4.90 Å². The lowest BCUT2D eigenvalue weighted by atomic mass is 9.93. The second-order valence-corrected chi connectivity index (χ2v) is 12.5. The standard InChI is InChI=1S/C25H35N3O4S/c1-17-7-11-26(12-8-17)24(29)20-9-13-27(14-10-20)33(31,32)22-5-6-23-21(16-22)15-18(2)28(23)25(30)19-3-4-19/h5-6,16-20H,3-4,7-15H2,1-2H3/t18-/m0/s1. The van der Waals surface area contributed by atoms with Gasteiger partial charge in [0.2, 0.25) is 21.8 Å². The van der Waals surface area contributed by atoms with Gasteiger partial charge in [-0.2, -0.15) is 4.31 Å². The van der Waals surface area contributed by atoms with Gasteiger partial charge in [-0.25, -0.2) is 8.42 Å². The zero-order chi connectivity index (χ0) is 23.3. The van der Waals surface area contributed by atoms with E-state index in [2.05, 4.69) is 6.92 Å². The molecule has 5 rings (SSSR count). The van der Waals surface area contributed by atoms with Crippen LogP contribution < -0.4 is 4.90 Å². The molecule has 1 saturated carbocycles. The molecular weight excluding hydrogens is 438 g/mol. The molecule has 3 aliphatic heterocycles. The highest BCUT2D eigenvalue weighted by atomic mass is 32.2. The number of nitrogens with zero attached hydrogens (tertiary/aromatic N) is 3. The summed E-state index contributed by atoms with van der Waals surface area (Å²) < 4.78 is 28.3. The van der Waals surface area contributed by atoms with Crippen molar-refractivity contribution in [1.29, 1.82) is 0 Å². The molecule has 3 fully saturated rings. The molecule has 0 bridgehead atoms. The van der Waals surface area contributed by atoms with E-state index in [4.69, 9.17) is 0 Å². The first-order valence-electron chi connectivity index (χ1n) is 12.5. The van der Waals surface area contributed by atoms with E-state index in [0.29, 0.717) is 43.2 Å². The number of anilines is 1. The predicted molar refractivity (Wildman–Crippen MR) is 126 cm³/mol. The Bertz CT molecular complexity index is 1040. The molecule has 180 valence electrons. The van der Waals surface area contributed by atoms with Crippen LogP contribution >= 0.6 is 0 Å². The molecule has 7 nitrogen and oxygen atoms in total. The van der Waals surface area contributed by atoms with Crippen LogP contribution in [0.4, 0.5) is 5.69 Å². The third-order valence-corrected chi connectivity index (χ3v) is 9.86. The maximum Gasteiger partial charge on any atom is 0.243 e. The number of fused-ring (bicyclic) bond motifs is 1. The summed E-state index contributed by atoms with van der Waals surface area (Å²) in [4.78, 5) is 29.7. The van der Waals surface area contributed by atoms with Gasteiger partial charge in [0.25, 0.3) is 0 Å². The summed E-state index contributed by atoms with van der Waals surface area (Å²) in [5.41, 5.74) is 1.79. The Hall–Kier alpha value is -1.93. The number of hydrogen-bond donors (Lipinski definition) is 0. The van der Waals surface area contributed by atoms with Crippen molar-refractivity contribution in [3.63, 3.8) is 0 Å². The molecule has 2 amide bonds. The summed E-state index contributed by atoms with van der Waals surface area (Å²) >= 11 is 0. The zero-order valence-corrected chi connectivity index (χ0v) is 20.5. The summed E-state index contributed by atoms with van der Waals surface area (Å²) in [5.74, 6) is 1.11. The van der Waals surface area contributed by atoms with Gasteiger partial charge in [0.15, 0.2) is 0 Å². The Labute approximate surface area is 197 Å². The first kappa shape index (κ1) is 22.8. The Morgan fingerprint density at radius 1 is 0.848 bits per heavy atom. The molecule has 2 saturated heterocycles. The normalized spacial score (nSPS) is 25.3. The fraction of sp³-hybridized carbons (Fsp3) is 0.680. The van der Waals surface area contributed by atoms with Gasteiger partial charge < -0.3 is 9.80 Å². The van der Waals surface area contributed by atoms with E-state index in [1.54, 1.807) is 18.2 Å². The second kappa shape index (κ2) is 8.69. The Balaban J connectivity index is 1.25. The van der Waals surface area contributed by atoms with E-state index in [0.717, 1.165) is 50.0 Å². The van der Waals surface area contributed by atoms with Crippen molar-refractivity contribution in [3.8, 4) is 0 Å². The first-order chi connectivity index (χ1) is 15.8. The topological polar surface area (TPSA) is 78.0 Å². The lowest BCUT2D eigenvalue weighted by Gasteiger charge is -2.36. The Kier molecular flexibility index (Phi) is 6.02. The van der Waals surface area contributed by atoms with Crippen molar-refractivity contribution in [2.75, 3.05) is 31.1 Å². The van der Waals surface area contributed by atoms with E-state index in [1.807, 2.05) is 16.7 Å². The molecule has 0 unspecified atom stereocenters. The molecule has 0 radical (unpaired) electrons. The lowest BCUT2D eigenvalue weighted by molar-refractivity contribution is -0.138. The van der Waals surface area contributed by atoms with Crippen molar-refractivity contribution >= 4 is 27.5 Å². The molecule has 1 atom stereocenters. The zero-order valence-electron chi connectivity index (χ0n) is 19.7. The summed E-state index contributed by atoms with van der Waals surface area (Å²) in [6.45, 7) is 6.66. The van der Waals surface area contributed by atoms with Crippen LogP contribution in [-0.4, -0.2) is 61.7 Å². The SMILES string of the molecule is CC1CCN(C(=O)C2CCN(S(=O)(=O)c3ccc4c(c3)C[C@H](C)N4C(=O)C3CC3)CC2)CC1. The van der Waals surface area contributed by atoms with Crippen LogP contribution in [0, 0.1) is 17.8 Å². The van der Waals surface area contributed by atoms with Crippen LogP contribution in [-0.2, 0) is 26.0 Å². The van der Waals surface area contributed by atoms with Crippen LogP contribution in [0.15, 0.2) is 23.1 Å². The first-order valence-corrected chi connectivity index (χ1v) is 13.9. The van der Waals surface area contributed by atoms with E-state index in [1.165, 1.54) is 4.31 Å². The van der Waals surface area contributed by atoms with Gasteiger partial charge in [-0.15, -0.1) is 0 Å². The molecule has 1 aliphatic carbocycles. The molecule has 8 heteroatoms. The summed E-state index contributed by atoms with van der Waals surface area (Å²) in [6, 6.07) is 5.27. The maximum absolute atomic E-state index is 13.4. The summed E-state index contributed by atoms with van der Waals surface area (Å²) in [6.07, 6.45) is 5.87. The molecule has 1 aromatic rings. The molecule has 0 N–H and O–H groups in total. The third-order valence-electron chi connectivity index (χ3n) is 7.97. The number of carbonyl (C=O) groups excluding carboxylic acids is 2. The van der Waals surface area contributed by atoms with Crippen molar-refractivity contribution in [1.82, 2.24) is 9.21 Å². The minimum Gasteiger partial charge on any atom is -0.342 e. The molecule has 0 aromatic heterocycles. The number of sulfonamides is 1. The second-order valence-electron chi connectivity index (χ2n) is 10.5. The van der Waals surface area contributed by atoms with Crippen LogP contribution in [0.5, 0.6) is 0 Å².